The Morgan fingerprint density at radius 3 is 2.52 bits per heavy atom. The van der Waals surface area contributed by atoms with Crippen molar-refractivity contribution in [1.82, 2.24) is 9.97 Å². The lowest BCUT2D eigenvalue weighted by Crippen LogP contribution is -2.16. The average molecular weight is 363 g/mol. The molecule has 1 aromatic carbocycles. The van der Waals surface area contributed by atoms with Crippen molar-refractivity contribution in [1.29, 1.82) is 0 Å². The number of hydrogen-bond donors (Lipinski definition) is 2. The number of halogens is 4. The lowest BCUT2D eigenvalue weighted by molar-refractivity contribution is -0.145. The maximum absolute atomic E-state index is 12.7. The fourth-order valence-electron chi connectivity index (χ4n) is 1.48. The highest BCUT2D eigenvalue weighted by molar-refractivity contribution is 9.10. The topological polar surface area (TPSA) is 73.1 Å². The molecule has 2 aromatic rings. The molecular formula is C12H10BrF3N4O. The summed E-state index contributed by atoms with van der Waals surface area (Å²) in [7, 11) is 0. The van der Waals surface area contributed by atoms with Crippen molar-refractivity contribution in [2.75, 3.05) is 5.43 Å². The summed E-state index contributed by atoms with van der Waals surface area (Å²) in [4.78, 5) is 6.57. The van der Waals surface area contributed by atoms with E-state index in [4.69, 9.17) is 10.6 Å². The van der Waals surface area contributed by atoms with Crippen molar-refractivity contribution in [3.63, 3.8) is 0 Å². The Hall–Kier alpha value is -1.87. The predicted molar refractivity (Wildman–Crippen MR) is 73.8 cm³/mol. The van der Waals surface area contributed by atoms with Gasteiger partial charge in [0.1, 0.15) is 11.6 Å². The van der Waals surface area contributed by atoms with Crippen LogP contribution in [-0.4, -0.2) is 9.97 Å². The molecule has 5 nitrogen and oxygen atoms in total. The van der Waals surface area contributed by atoms with Crippen LogP contribution in [0.4, 0.5) is 19.0 Å². The molecule has 0 aliphatic heterocycles. The predicted octanol–water partition coefficient (Wildman–Crippen LogP) is 3.64. The van der Waals surface area contributed by atoms with Crippen LogP contribution in [0.15, 0.2) is 28.7 Å². The molecule has 21 heavy (non-hydrogen) atoms. The van der Waals surface area contributed by atoms with Gasteiger partial charge >= 0.3 is 6.18 Å². The van der Waals surface area contributed by atoms with E-state index in [0.717, 1.165) is 10.0 Å². The Morgan fingerprint density at radius 1 is 1.24 bits per heavy atom. The number of nitrogen functional groups attached to an aromatic ring is 1. The zero-order valence-electron chi connectivity index (χ0n) is 10.7. The largest absolute Gasteiger partial charge is 0.451 e. The van der Waals surface area contributed by atoms with Crippen molar-refractivity contribution >= 4 is 21.7 Å². The number of hydrogen-bond acceptors (Lipinski definition) is 5. The fourth-order valence-corrected chi connectivity index (χ4v) is 1.73. The molecule has 0 radical (unpaired) electrons. The highest BCUT2D eigenvalue weighted by Gasteiger charge is 2.35. The number of nitrogens with zero attached hydrogens (tertiary/aromatic N) is 2. The second kappa shape index (κ2) is 5.86. The quantitative estimate of drug-likeness (QED) is 0.644. The summed E-state index contributed by atoms with van der Waals surface area (Å²) < 4.78 is 44.2. The molecule has 112 valence electrons. The number of aromatic nitrogens is 2. The molecule has 0 amide bonds. The fraction of sp³-hybridized carbons (Fsp3) is 0.167. The molecule has 0 saturated carbocycles. The van der Waals surface area contributed by atoms with Gasteiger partial charge in [-0.05, 0) is 30.7 Å². The molecule has 1 heterocycles. The number of aryl methyl sites for hydroxylation is 1. The molecule has 0 spiro atoms. The first-order chi connectivity index (χ1) is 9.79. The Bertz CT molecular complexity index is 663. The summed E-state index contributed by atoms with van der Waals surface area (Å²) in [6.07, 6.45) is -4.69. The number of nitrogens with one attached hydrogen (secondary N) is 1. The third-order valence-electron chi connectivity index (χ3n) is 2.46. The monoisotopic (exact) mass is 362 g/mol. The Morgan fingerprint density at radius 2 is 1.95 bits per heavy atom. The maximum Gasteiger partial charge on any atom is 0.451 e. The highest BCUT2D eigenvalue weighted by Crippen LogP contribution is 2.31. The van der Waals surface area contributed by atoms with Crippen molar-refractivity contribution in [2.45, 2.75) is 13.1 Å². The number of anilines is 1. The molecule has 0 fully saturated rings. The van der Waals surface area contributed by atoms with Crippen LogP contribution < -0.4 is 16.0 Å². The van der Waals surface area contributed by atoms with E-state index in [9.17, 15) is 13.2 Å². The Labute approximate surface area is 126 Å². The summed E-state index contributed by atoms with van der Waals surface area (Å²) in [5.41, 5.74) is 2.92. The molecule has 0 aliphatic carbocycles. The van der Waals surface area contributed by atoms with Gasteiger partial charge in [0.05, 0.1) is 0 Å². The molecule has 0 saturated heterocycles. The molecule has 0 unspecified atom stereocenters. The molecule has 0 bridgehead atoms. The molecule has 1 aromatic heterocycles. The summed E-state index contributed by atoms with van der Waals surface area (Å²) in [5.74, 6) is 3.67. The number of alkyl halides is 3. The molecule has 0 aliphatic rings. The minimum absolute atomic E-state index is 0.193. The SMILES string of the molecule is Cc1cc(Oc2cc(NN)nc(C(F)(F)F)n2)ccc1Br. The van der Waals surface area contributed by atoms with E-state index < -0.39 is 12.0 Å². The van der Waals surface area contributed by atoms with Crippen LogP contribution in [0.25, 0.3) is 0 Å². The van der Waals surface area contributed by atoms with Gasteiger partial charge in [-0.15, -0.1) is 0 Å². The maximum atomic E-state index is 12.7. The van der Waals surface area contributed by atoms with Gasteiger partial charge in [0, 0.05) is 10.5 Å². The number of rotatable bonds is 3. The second-order valence-corrected chi connectivity index (χ2v) is 4.92. The van der Waals surface area contributed by atoms with E-state index >= 15 is 0 Å². The van der Waals surface area contributed by atoms with Gasteiger partial charge in [-0.3, -0.25) is 0 Å². The van der Waals surface area contributed by atoms with Gasteiger partial charge in [0.15, 0.2) is 0 Å². The van der Waals surface area contributed by atoms with Gasteiger partial charge < -0.3 is 10.2 Å². The zero-order chi connectivity index (χ0) is 15.6. The van der Waals surface area contributed by atoms with Crippen molar-refractivity contribution in [3.8, 4) is 11.6 Å². The first-order valence-electron chi connectivity index (χ1n) is 5.66. The van der Waals surface area contributed by atoms with Gasteiger partial charge in [0.25, 0.3) is 0 Å². The number of hydrazine groups is 1. The first kappa shape index (κ1) is 15.5. The van der Waals surface area contributed by atoms with Crippen LogP contribution in [0.2, 0.25) is 0 Å². The minimum atomic E-state index is -4.69. The molecule has 0 atom stereocenters. The average Bonchev–Trinajstić information content (AvgIpc) is 2.41. The smallest absolute Gasteiger partial charge is 0.439 e. The third-order valence-corrected chi connectivity index (χ3v) is 3.35. The lowest BCUT2D eigenvalue weighted by Gasteiger charge is -2.11. The summed E-state index contributed by atoms with van der Waals surface area (Å²) in [6.45, 7) is 1.82. The number of nitrogens with two attached hydrogens (primary N) is 1. The van der Waals surface area contributed by atoms with E-state index in [1.165, 1.54) is 6.07 Å². The Kier molecular flexibility index (Phi) is 4.33. The van der Waals surface area contributed by atoms with Crippen molar-refractivity contribution in [2.24, 2.45) is 5.84 Å². The molecule has 2 rings (SSSR count). The second-order valence-electron chi connectivity index (χ2n) is 4.07. The van der Waals surface area contributed by atoms with Crippen LogP contribution in [0.1, 0.15) is 11.4 Å². The van der Waals surface area contributed by atoms with Gasteiger partial charge in [-0.25, -0.2) is 10.8 Å². The Balaban J connectivity index is 2.36. The molecular weight excluding hydrogens is 353 g/mol. The molecule has 3 N–H and O–H groups in total. The van der Waals surface area contributed by atoms with Crippen LogP contribution in [0.5, 0.6) is 11.6 Å². The first-order valence-corrected chi connectivity index (χ1v) is 6.46. The van der Waals surface area contributed by atoms with E-state index in [2.05, 4.69) is 25.9 Å². The van der Waals surface area contributed by atoms with E-state index in [1.807, 2.05) is 12.3 Å². The minimum Gasteiger partial charge on any atom is -0.439 e. The van der Waals surface area contributed by atoms with Crippen LogP contribution >= 0.6 is 15.9 Å². The standard InChI is InChI=1S/C12H10BrF3N4O/c1-6-4-7(2-3-8(6)13)21-10-5-9(20-17)18-11(19-10)12(14,15)16/h2-5H,17H2,1H3,(H,18,19,20). The molecule has 9 heteroatoms. The number of benzene rings is 1. The van der Waals surface area contributed by atoms with Crippen LogP contribution in [-0.2, 0) is 6.18 Å². The number of ether oxygens (including phenoxy) is 1. The zero-order valence-corrected chi connectivity index (χ0v) is 12.3. The third kappa shape index (κ3) is 3.82. The van der Waals surface area contributed by atoms with Crippen molar-refractivity contribution < 1.29 is 17.9 Å². The summed E-state index contributed by atoms with van der Waals surface area (Å²) >= 11 is 3.32. The van der Waals surface area contributed by atoms with Crippen LogP contribution in [0.3, 0.4) is 0 Å². The lowest BCUT2D eigenvalue weighted by atomic mass is 10.2. The van der Waals surface area contributed by atoms with E-state index in [1.54, 1.807) is 18.2 Å². The van der Waals surface area contributed by atoms with Crippen molar-refractivity contribution in [3.05, 3.63) is 40.1 Å². The van der Waals surface area contributed by atoms with E-state index in [0.29, 0.717) is 5.75 Å². The van der Waals surface area contributed by atoms with Gasteiger partial charge in [-0.2, -0.15) is 18.2 Å². The highest BCUT2D eigenvalue weighted by atomic mass is 79.9. The normalized spacial score (nSPS) is 11.3. The van der Waals surface area contributed by atoms with E-state index in [-0.39, 0.29) is 11.7 Å². The van der Waals surface area contributed by atoms with Crippen LogP contribution in [0, 0.1) is 6.92 Å². The summed E-state index contributed by atoms with van der Waals surface area (Å²) in [6, 6.07) is 6.16. The van der Waals surface area contributed by atoms with Gasteiger partial charge in [0.2, 0.25) is 11.7 Å². The summed E-state index contributed by atoms with van der Waals surface area (Å²) in [5, 5.41) is 0. The van der Waals surface area contributed by atoms with Gasteiger partial charge in [-0.1, -0.05) is 15.9 Å².